The number of hydrogen-bond acceptors (Lipinski definition) is 3. The molecule has 17 heavy (non-hydrogen) atoms. The fourth-order valence-corrected chi connectivity index (χ4v) is 1.65. The van der Waals surface area contributed by atoms with Gasteiger partial charge in [0, 0.05) is 13.6 Å². The molecule has 0 aromatic heterocycles. The Bertz CT molecular complexity index is 418. The van der Waals surface area contributed by atoms with Crippen LogP contribution in [0.3, 0.4) is 0 Å². The lowest BCUT2D eigenvalue weighted by Crippen LogP contribution is -2.43. The van der Waals surface area contributed by atoms with Crippen molar-refractivity contribution in [3.8, 4) is 6.07 Å². The van der Waals surface area contributed by atoms with Crippen LogP contribution in [-0.2, 0) is 0 Å². The van der Waals surface area contributed by atoms with Gasteiger partial charge in [0.2, 0.25) is 0 Å². The fraction of sp³-hybridized carbons (Fsp3) is 0.500. The maximum absolute atomic E-state index is 10.3. The first-order chi connectivity index (χ1) is 7.88. The summed E-state index contributed by atoms with van der Waals surface area (Å²) in [6, 6.07) is 9.60. The Balaban J connectivity index is 2.91. The van der Waals surface area contributed by atoms with Gasteiger partial charge in [0.25, 0.3) is 0 Å². The lowest BCUT2D eigenvalue weighted by atomic mass is 9.92. The summed E-state index contributed by atoms with van der Waals surface area (Å²) in [5, 5.41) is 19.3. The minimum absolute atomic E-state index is 0.166. The third kappa shape index (κ3) is 3.21. The van der Waals surface area contributed by atoms with Crippen molar-refractivity contribution in [2.75, 3.05) is 18.5 Å². The monoisotopic (exact) mass is 232 g/mol. The fourth-order valence-electron chi connectivity index (χ4n) is 1.65. The summed E-state index contributed by atoms with van der Waals surface area (Å²) in [7, 11) is 1.90. The number of para-hydroxylation sites is 1. The molecule has 1 N–H and O–H groups in total. The topological polar surface area (TPSA) is 47.3 Å². The number of benzene rings is 1. The molecule has 3 nitrogen and oxygen atoms in total. The molecule has 0 aliphatic carbocycles. The van der Waals surface area contributed by atoms with Crippen LogP contribution >= 0.6 is 0 Å². The molecule has 0 radical (unpaired) electrons. The maximum Gasteiger partial charge on any atom is 0.101 e. The SMILES string of the molecule is CC(C)C(C)(O)CN(C)c1ccccc1C#N. The molecule has 0 saturated heterocycles. The number of nitrogens with zero attached hydrogens (tertiary/aromatic N) is 2. The van der Waals surface area contributed by atoms with Gasteiger partial charge >= 0.3 is 0 Å². The van der Waals surface area contributed by atoms with Crippen LogP contribution in [-0.4, -0.2) is 24.3 Å². The summed E-state index contributed by atoms with van der Waals surface area (Å²) >= 11 is 0. The van der Waals surface area contributed by atoms with Crippen molar-refractivity contribution in [1.82, 2.24) is 0 Å². The Morgan fingerprint density at radius 2 is 2.00 bits per heavy atom. The molecule has 0 heterocycles. The molecule has 92 valence electrons. The van der Waals surface area contributed by atoms with Gasteiger partial charge in [-0.25, -0.2) is 0 Å². The third-order valence-corrected chi connectivity index (χ3v) is 3.24. The van der Waals surface area contributed by atoms with Crippen molar-refractivity contribution in [2.45, 2.75) is 26.4 Å². The van der Waals surface area contributed by atoms with E-state index in [1.807, 2.05) is 50.9 Å². The van der Waals surface area contributed by atoms with E-state index >= 15 is 0 Å². The highest BCUT2D eigenvalue weighted by Gasteiger charge is 2.27. The number of nitriles is 1. The van der Waals surface area contributed by atoms with Gasteiger partial charge in [-0.1, -0.05) is 26.0 Å². The Kier molecular flexibility index (Phi) is 4.14. The van der Waals surface area contributed by atoms with Crippen molar-refractivity contribution in [3.63, 3.8) is 0 Å². The highest BCUT2D eigenvalue weighted by atomic mass is 16.3. The van der Waals surface area contributed by atoms with Crippen LogP contribution in [0.1, 0.15) is 26.3 Å². The minimum atomic E-state index is -0.767. The van der Waals surface area contributed by atoms with Gasteiger partial charge in [-0.05, 0) is 25.0 Å². The number of anilines is 1. The highest BCUT2D eigenvalue weighted by molar-refractivity contribution is 5.58. The second-order valence-corrected chi connectivity index (χ2v) is 5.00. The first kappa shape index (κ1) is 13.5. The van der Waals surface area contributed by atoms with Crippen LogP contribution < -0.4 is 4.90 Å². The summed E-state index contributed by atoms with van der Waals surface area (Å²) in [6.07, 6.45) is 0. The third-order valence-electron chi connectivity index (χ3n) is 3.24. The van der Waals surface area contributed by atoms with Gasteiger partial charge in [0.15, 0.2) is 0 Å². The van der Waals surface area contributed by atoms with Crippen LogP contribution in [0.25, 0.3) is 0 Å². The molecule has 0 amide bonds. The molecule has 0 aliphatic rings. The van der Waals surface area contributed by atoms with Crippen molar-refractivity contribution in [3.05, 3.63) is 29.8 Å². The van der Waals surface area contributed by atoms with Crippen molar-refractivity contribution in [2.24, 2.45) is 5.92 Å². The maximum atomic E-state index is 10.3. The first-order valence-corrected chi connectivity index (χ1v) is 5.81. The van der Waals surface area contributed by atoms with Crippen LogP contribution in [0.2, 0.25) is 0 Å². The summed E-state index contributed by atoms with van der Waals surface area (Å²) in [4.78, 5) is 1.93. The highest BCUT2D eigenvalue weighted by Crippen LogP contribution is 2.23. The zero-order chi connectivity index (χ0) is 13.1. The molecule has 1 aromatic rings. The lowest BCUT2D eigenvalue weighted by Gasteiger charge is -2.33. The van der Waals surface area contributed by atoms with Gasteiger partial charge in [-0.3, -0.25) is 0 Å². The van der Waals surface area contributed by atoms with Gasteiger partial charge < -0.3 is 10.0 Å². The zero-order valence-corrected chi connectivity index (χ0v) is 10.9. The molecule has 0 bridgehead atoms. The van der Waals surface area contributed by atoms with Gasteiger partial charge in [-0.15, -0.1) is 0 Å². The van der Waals surface area contributed by atoms with E-state index in [9.17, 15) is 5.11 Å². The Morgan fingerprint density at radius 1 is 1.41 bits per heavy atom. The average molecular weight is 232 g/mol. The van der Waals surface area contributed by atoms with Crippen molar-refractivity contribution in [1.29, 1.82) is 5.26 Å². The van der Waals surface area contributed by atoms with Crippen LogP contribution in [0.4, 0.5) is 5.69 Å². The van der Waals surface area contributed by atoms with Crippen molar-refractivity contribution < 1.29 is 5.11 Å². The molecule has 0 aliphatic heterocycles. The smallest absolute Gasteiger partial charge is 0.101 e. The summed E-state index contributed by atoms with van der Waals surface area (Å²) in [6.45, 7) is 6.31. The molecule has 3 heteroatoms. The first-order valence-electron chi connectivity index (χ1n) is 5.81. The molecule has 1 atom stereocenters. The van der Waals surface area contributed by atoms with Crippen LogP contribution in [0.15, 0.2) is 24.3 Å². The largest absolute Gasteiger partial charge is 0.388 e. The second-order valence-electron chi connectivity index (χ2n) is 5.00. The molecule has 1 aromatic carbocycles. The van der Waals surface area contributed by atoms with E-state index in [2.05, 4.69) is 6.07 Å². The minimum Gasteiger partial charge on any atom is -0.388 e. The second kappa shape index (κ2) is 5.20. The summed E-state index contributed by atoms with van der Waals surface area (Å²) < 4.78 is 0. The van der Waals surface area contributed by atoms with Gasteiger partial charge in [-0.2, -0.15) is 5.26 Å². The standard InChI is InChI=1S/C14H20N2O/c1-11(2)14(3,17)10-16(4)13-8-6-5-7-12(13)9-15/h5-8,11,17H,10H2,1-4H3. The van der Waals surface area contributed by atoms with E-state index < -0.39 is 5.60 Å². The molecular weight excluding hydrogens is 212 g/mol. The van der Waals surface area contributed by atoms with Crippen LogP contribution in [0.5, 0.6) is 0 Å². The Hall–Kier alpha value is -1.53. The molecule has 1 rings (SSSR count). The van der Waals surface area contributed by atoms with Crippen LogP contribution in [0, 0.1) is 17.2 Å². The number of likely N-dealkylation sites (N-methyl/N-ethyl adjacent to an activating group) is 1. The summed E-state index contributed by atoms with van der Waals surface area (Å²) in [5.41, 5.74) is 0.725. The van der Waals surface area contributed by atoms with E-state index in [-0.39, 0.29) is 5.92 Å². The molecule has 0 spiro atoms. The van der Waals surface area contributed by atoms with E-state index in [1.54, 1.807) is 6.07 Å². The predicted molar refractivity (Wildman–Crippen MR) is 69.9 cm³/mol. The number of aliphatic hydroxyl groups is 1. The zero-order valence-electron chi connectivity index (χ0n) is 10.9. The van der Waals surface area contributed by atoms with Gasteiger partial charge in [0.05, 0.1) is 16.9 Å². The lowest BCUT2D eigenvalue weighted by molar-refractivity contribution is 0.0216. The molecule has 0 saturated carbocycles. The quantitative estimate of drug-likeness (QED) is 0.867. The Morgan fingerprint density at radius 3 is 2.53 bits per heavy atom. The normalized spacial score (nSPS) is 14.2. The molecule has 1 unspecified atom stereocenters. The van der Waals surface area contributed by atoms with E-state index in [1.165, 1.54) is 0 Å². The average Bonchev–Trinajstić information content (AvgIpc) is 2.28. The Labute approximate surface area is 103 Å². The van der Waals surface area contributed by atoms with Crippen molar-refractivity contribution >= 4 is 5.69 Å². The summed E-state index contributed by atoms with van der Waals surface area (Å²) in [5.74, 6) is 0.166. The van der Waals surface area contributed by atoms with E-state index in [0.29, 0.717) is 12.1 Å². The number of rotatable bonds is 4. The van der Waals surface area contributed by atoms with E-state index in [4.69, 9.17) is 5.26 Å². The van der Waals surface area contributed by atoms with Gasteiger partial charge in [0.1, 0.15) is 6.07 Å². The number of hydrogen-bond donors (Lipinski definition) is 1. The van der Waals surface area contributed by atoms with E-state index in [0.717, 1.165) is 5.69 Å². The predicted octanol–water partition coefficient (Wildman–Crippen LogP) is 2.40. The molecular formula is C14H20N2O. The molecule has 0 fully saturated rings.